The molecule has 108 valence electrons. The Morgan fingerprint density at radius 3 is 2.47 bits per heavy atom. The van der Waals surface area contributed by atoms with Gasteiger partial charge in [-0.1, -0.05) is 0 Å². The average molecular weight is 334 g/mol. The smallest absolute Gasteiger partial charge is 0.206 e. The molecule has 1 aromatic heterocycles. The summed E-state index contributed by atoms with van der Waals surface area (Å²) in [7, 11) is -4.09. The maximum Gasteiger partial charge on any atom is 0.402 e. The van der Waals surface area contributed by atoms with Crippen LogP contribution in [0.3, 0.4) is 0 Å². The van der Waals surface area contributed by atoms with Gasteiger partial charge in [0.15, 0.2) is 0 Å². The largest absolute Gasteiger partial charge is 0.402 e. The fourth-order valence-electron chi connectivity index (χ4n) is 1.62. The zero-order valence-electron chi connectivity index (χ0n) is 9.65. The molecule has 3 nitrogen and oxygen atoms in total. The molecule has 0 aromatic carbocycles. The van der Waals surface area contributed by atoms with Crippen molar-refractivity contribution < 1.29 is 21.6 Å². The summed E-state index contributed by atoms with van der Waals surface area (Å²) >= 11 is 6.47. The SMILES string of the molecule is O=S(=O)(c1cc(CCl)cs1)N(CC(F)(F)F)C1CC1. The number of hydrogen-bond donors (Lipinski definition) is 0. The van der Waals surface area contributed by atoms with E-state index in [0.717, 1.165) is 11.3 Å². The molecule has 1 aromatic rings. The van der Waals surface area contributed by atoms with E-state index in [-0.39, 0.29) is 10.1 Å². The Morgan fingerprint density at radius 1 is 1.42 bits per heavy atom. The predicted octanol–water partition coefficient (Wildman–Crippen LogP) is 3.20. The number of thiophene rings is 1. The second-order valence-corrected chi connectivity index (χ2v) is 7.60. The number of rotatable bonds is 5. The Kier molecular flexibility index (Phi) is 4.15. The van der Waals surface area contributed by atoms with Crippen molar-refractivity contribution in [2.24, 2.45) is 0 Å². The summed E-state index contributed by atoms with van der Waals surface area (Å²) < 4.78 is 62.4. The first-order chi connectivity index (χ1) is 8.74. The van der Waals surface area contributed by atoms with Gasteiger partial charge in [-0.05, 0) is 29.9 Å². The highest BCUT2D eigenvalue weighted by Gasteiger charge is 2.45. The highest BCUT2D eigenvalue weighted by atomic mass is 35.5. The zero-order chi connectivity index (χ0) is 14.3. The molecular formula is C10H11ClF3NO2S2. The van der Waals surface area contributed by atoms with Gasteiger partial charge in [0.05, 0.1) is 0 Å². The fourth-order valence-corrected chi connectivity index (χ4v) is 4.88. The Morgan fingerprint density at radius 2 is 2.05 bits per heavy atom. The molecule has 0 saturated heterocycles. The van der Waals surface area contributed by atoms with E-state index in [1.807, 2.05) is 0 Å². The third kappa shape index (κ3) is 3.62. The van der Waals surface area contributed by atoms with Crippen molar-refractivity contribution in [1.82, 2.24) is 4.31 Å². The topological polar surface area (TPSA) is 37.4 Å². The minimum atomic E-state index is -4.54. The van der Waals surface area contributed by atoms with Gasteiger partial charge < -0.3 is 0 Å². The summed E-state index contributed by atoms with van der Waals surface area (Å²) in [5, 5.41) is 1.54. The number of alkyl halides is 4. The van der Waals surface area contributed by atoms with E-state index in [1.165, 1.54) is 6.07 Å². The normalized spacial score (nSPS) is 17.1. The van der Waals surface area contributed by atoms with Crippen LogP contribution in [0.4, 0.5) is 13.2 Å². The molecule has 1 aliphatic rings. The van der Waals surface area contributed by atoms with Crippen LogP contribution in [0, 0.1) is 0 Å². The summed E-state index contributed by atoms with van der Waals surface area (Å²) in [6.45, 7) is -1.44. The van der Waals surface area contributed by atoms with E-state index in [4.69, 9.17) is 11.6 Å². The van der Waals surface area contributed by atoms with Gasteiger partial charge >= 0.3 is 6.18 Å². The van der Waals surface area contributed by atoms with E-state index >= 15 is 0 Å². The summed E-state index contributed by atoms with van der Waals surface area (Å²) in [5.41, 5.74) is 0.591. The third-order valence-electron chi connectivity index (χ3n) is 2.64. The average Bonchev–Trinajstić information content (AvgIpc) is 3.00. The first-order valence-electron chi connectivity index (χ1n) is 5.46. The Hall–Kier alpha value is -0.310. The van der Waals surface area contributed by atoms with Crippen molar-refractivity contribution in [3.8, 4) is 0 Å². The van der Waals surface area contributed by atoms with Crippen LogP contribution < -0.4 is 0 Å². The van der Waals surface area contributed by atoms with Crippen molar-refractivity contribution in [2.75, 3.05) is 6.54 Å². The van der Waals surface area contributed by atoms with Crippen LogP contribution in [-0.4, -0.2) is 31.5 Å². The molecule has 0 N–H and O–H groups in total. The molecule has 2 rings (SSSR count). The van der Waals surface area contributed by atoms with Crippen LogP contribution in [0.25, 0.3) is 0 Å². The first kappa shape index (κ1) is 15.1. The minimum absolute atomic E-state index is 0.0840. The molecule has 19 heavy (non-hydrogen) atoms. The van der Waals surface area contributed by atoms with E-state index in [0.29, 0.717) is 22.7 Å². The molecule has 1 saturated carbocycles. The predicted molar refractivity (Wildman–Crippen MR) is 66.8 cm³/mol. The molecule has 0 amide bonds. The summed E-state index contributed by atoms with van der Waals surface area (Å²) in [5.74, 6) is 0.134. The number of nitrogens with zero attached hydrogens (tertiary/aromatic N) is 1. The van der Waals surface area contributed by atoms with Gasteiger partial charge in [-0.3, -0.25) is 0 Å². The number of sulfonamides is 1. The lowest BCUT2D eigenvalue weighted by Crippen LogP contribution is -2.40. The van der Waals surface area contributed by atoms with Crippen molar-refractivity contribution in [2.45, 2.75) is 35.1 Å². The maximum absolute atomic E-state index is 12.5. The number of hydrogen-bond acceptors (Lipinski definition) is 3. The van der Waals surface area contributed by atoms with E-state index in [1.54, 1.807) is 5.38 Å². The first-order valence-corrected chi connectivity index (χ1v) is 8.31. The van der Waals surface area contributed by atoms with Crippen molar-refractivity contribution in [1.29, 1.82) is 0 Å². The Labute approximate surface area is 118 Å². The lowest BCUT2D eigenvalue weighted by Gasteiger charge is -2.22. The van der Waals surface area contributed by atoms with Crippen LogP contribution in [0.15, 0.2) is 15.7 Å². The van der Waals surface area contributed by atoms with Crippen LogP contribution >= 0.6 is 22.9 Å². The summed E-state index contributed by atoms with van der Waals surface area (Å²) in [6, 6.07) is 0.798. The molecule has 0 radical (unpaired) electrons. The lowest BCUT2D eigenvalue weighted by molar-refractivity contribution is -0.136. The molecule has 0 unspecified atom stereocenters. The fraction of sp³-hybridized carbons (Fsp3) is 0.600. The second kappa shape index (κ2) is 5.23. The molecule has 0 aliphatic heterocycles. The van der Waals surface area contributed by atoms with E-state index < -0.39 is 28.8 Å². The monoisotopic (exact) mass is 333 g/mol. The molecular weight excluding hydrogens is 323 g/mol. The van der Waals surface area contributed by atoms with Gasteiger partial charge in [-0.15, -0.1) is 22.9 Å². The Balaban J connectivity index is 2.29. The number of halogens is 4. The van der Waals surface area contributed by atoms with Gasteiger partial charge in [-0.25, -0.2) is 8.42 Å². The second-order valence-electron chi connectivity index (χ2n) is 4.30. The molecule has 0 bridgehead atoms. The molecule has 1 heterocycles. The molecule has 1 aliphatic carbocycles. The maximum atomic E-state index is 12.5. The standard InChI is InChI=1S/C10H11ClF3NO2S2/c11-4-7-3-9(18-5-7)19(16,17)15(8-1-2-8)6-10(12,13)14/h3,5,8H,1-2,4,6H2. The Bertz CT molecular complexity index is 551. The van der Waals surface area contributed by atoms with Gasteiger partial charge in [0.2, 0.25) is 0 Å². The molecule has 0 spiro atoms. The van der Waals surface area contributed by atoms with Crippen LogP contribution in [-0.2, 0) is 15.9 Å². The highest BCUT2D eigenvalue weighted by Crippen LogP contribution is 2.36. The van der Waals surface area contributed by atoms with E-state index in [2.05, 4.69) is 0 Å². The lowest BCUT2D eigenvalue weighted by atomic mass is 10.4. The summed E-state index contributed by atoms with van der Waals surface area (Å²) in [4.78, 5) is 0. The minimum Gasteiger partial charge on any atom is -0.206 e. The molecule has 0 atom stereocenters. The van der Waals surface area contributed by atoms with Gasteiger partial charge in [0, 0.05) is 11.9 Å². The highest BCUT2D eigenvalue weighted by molar-refractivity contribution is 7.91. The molecule has 1 fully saturated rings. The third-order valence-corrected chi connectivity index (χ3v) is 6.31. The van der Waals surface area contributed by atoms with Crippen molar-refractivity contribution >= 4 is 33.0 Å². The van der Waals surface area contributed by atoms with Crippen LogP contribution in [0.1, 0.15) is 18.4 Å². The van der Waals surface area contributed by atoms with Crippen LogP contribution in [0.5, 0.6) is 0 Å². The van der Waals surface area contributed by atoms with Gasteiger partial charge in [0.1, 0.15) is 10.8 Å². The zero-order valence-corrected chi connectivity index (χ0v) is 12.0. The van der Waals surface area contributed by atoms with Crippen molar-refractivity contribution in [3.05, 3.63) is 17.0 Å². The molecule has 9 heteroatoms. The van der Waals surface area contributed by atoms with Gasteiger partial charge in [-0.2, -0.15) is 17.5 Å². The van der Waals surface area contributed by atoms with E-state index in [9.17, 15) is 21.6 Å². The van der Waals surface area contributed by atoms with Crippen LogP contribution in [0.2, 0.25) is 0 Å². The van der Waals surface area contributed by atoms with Crippen molar-refractivity contribution in [3.63, 3.8) is 0 Å². The quantitative estimate of drug-likeness (QED) is 0.776. The van der Waals surface area contributed by atoms with Gasteiger partial charge in [0.25, 0.3) is 10.0 Å². The summed E-state index contributed by atoms with van der Waals surface area (Å²) in [6.07, 6.45) is -3.59.